The second-order valence-corrected chi connectivity index (χ2v) is 24.2. The van der Waals surface area contributed by atoms with Crippen molar-refractivity contribution in [3.63, 3.8) is 0 Å². The van der Waals surface area contributed by atoms with Crippen LogP contribution in [0.25, 0.3) is 0 Å². The highest BCUT2D eigenvalue weighted by molar-refractivity contribution is 7.45. The highest BCUT2D eigenvalue weighted by Crippen LogP contribution is 2.38. The predicted molar refractivity (Wildman–Crippen MR) is 298 cm³/mol. The molecule has 1 amide bonds. The minimum atomic E-state index is -4.56. The number of aliphatic hydroxyl groups is 1. The van der Waals surface area contributed by atoms with E-state index in [0.717, 1.165) is 38.5 Å². The summed E-state index contributed by atoms with van der Waals surface area (Å²) in [5.41, 5.74) is 0. The zero-order valence-electron chi connectivity index (χ0n) is 47.3. The number of likely N-dealkylation sites (N-methyl/N-ethyl adjacent to an activating group) is 1. The Morgan fingerprint density at radius 1 is 0.449 bits per heavy atom. The van der Waals surface area contributed by atoms with Crippen LogP contribution in [0.2, 0.25) is 0 Å². The van der Waals surface area contributed by atoms with Gasteiger partial charge < -0.3 is 28.8 Å². The SMILES string of the molecule is CCCCCCCCCCCCCCCCCCCCCCCCCCCCCCCCCCCCC(=O)N[C@@H](COP(=O)([O-])OCC[N+](C)(C)C)[C@H](O)CCCCCCCCCCCCCCC. The molecule has 0 aliphatic rings. The van der Waals surface area contributed by atoms with Gasteiger partial charge in [0.2, 0.25) is 5.91 Å². The van der Waals surface area contributed by atoms with Crippen molar-refractivity contribution in [2.45, 2.75) is 341 Å². The van der Waals surface area contributed by atoms with E-state index >= 15 is 0 Å². The van der Waals surface area contributed by atoms with E-state index in [-0.39, 0.29) is 19.1 Å². The molecule has 0 radical (unpaired) electrons. The van der Waals surface area contributed by atoms with E-state index in [1.54, 1.807) is 0 Å². The fourth-order valence-corrected chi connectivity index (χ4v) is 10.5. The van der Waals surface area contributed by atoms with Gasteiger partial charge in [0.25, 0.3) is 7.82 Å². The maximum Gasteiger partial charge on any atom is 0.268 e. The molecule has 414 valence electrons. The van der Waals surface area contributed by atoms with Crippen LogP contribution in [0.3, 0.4) is 0 Å². The van der Waals surface area contributed by atoms with Gasteiger partial charge in [0, 0.05) is 6.42 Å². The maximum atomic E-state index is 13.0. The van der Waals surface area contributed by atoms with E-state index in [9.17, 15) is 19.4 Å². The summed E-state index contributed by atoms with van der Waals surface area (Å²) in [5.74, 6) is -0.157. The number of nitrogens with one attached hydrogen (secondary N) is 1. The predicted octanol–water partition coefficient (Wildman–Crippen LogP) is 18.2. The summed E-state index contributed by atoms with van der Waals surface area (Å²) >= 11 is 0. The third kappa shape index (κ3) is 55.1. The van der Waals surface area contributed by atoms with Crippen LogP contribution in [-0.4, -0.2) is 68.5 Å². The van der Waals surface area contributed by atoms with Crippen LogP contribution in [-0.2, 0) is 18.4 Å². The van der Waals surface area contributed by atoms with Gasteiger partial charge >= 0.3 is 0 Å². The third-order valence-electron chi connectivity index (χ3n) is 14.6. The minimum absolute atomic E-state index is 0.0164. The van der Waals surface area contributed by atoms with E-state index in [0.29, 0.717) is 23.9 Å². The highest BCUT2D eigenvalue weighted by atomic mass is 31.2. The van der Waals surface area contributed by atoms with Crippen molar-refractivity contribution in [3.05, 3.63) is 0 Å². The van der Waals surface area contributed by atoms with Crippen LogP contribution in [0.15, 0.2) is 0 Å². The molecular weight excluding hydrogens is 876 g/mol. The van der Waals surface area contributed by atoms with Gasteiger partial charge in [-0.3, -0.25) is 9.36 Å². The van der Waals surface area contributed by atoms with Crippen LogP contribution < -0.4 is 10.2 Å². The molecule has 0 saturated carbocycles. The molecule has 0 spiro atoms. The van der Waals surface area contributed by atoms with Crippen LogP contribution in [0, 0.1) is 0 Å². The number of phosphoric ester groups is 1. The highest BCUT2D eigenvalue weighted by Gasteiger charge is 2.24. The smallest absolute Gasteiger partial charge is 0.268 e. The molecule has 2 N–H and O–H groups in total. The molecule has 0 aliphatic carbocycles. The molecule has 69 heavy (non-hydrogen) atoms. The standard InChI is InChI=1S/C60H123N2O6P/c1-6-8-10-12-14-16-18-20-21-22-23-24-25-26-27-28-29-30-31-32-33-34-35-36-37-38-39-40-42-44-46-48-50-52-54-60(64)61-58(57-68-69(65,66)67-56-55-62(3,4)5)59(63)53-51-49-47-45-43-41-19-17-15-13-11-9-7-2/h58-59,63H,6-57H2,1-5H3,(H-,61,64,65,66)/t58-,59+/m0/s1. The summed E-state index contributed by atoms with van der Waals surface area (Å²) in [6.45, 7) is 4.77. The second kappa shape index (κ2) is 52.4. The van der Waals surface area contributed by atoms with Gasteiger partial charge in [0.1, 0.15) is 13.2 Å². The Bertz CT molecular complexity index is 1090. The number of rotatable bonds is 58. The lowest BCUT2D eigenvalue weighted by Gasteiger charge is -2.30. The molecule has 8 nitrogen and oxygen atoms in total. The molecule has 0 heterocycles. The number of unbranched alkanes of at least 4 members (excludes halogenated alkanes) is 45. The van der Waals surface area contributed by atoms with Crippen molar-refractivity contribution in [1.29, 1.82) is 0 Å². The van der Waals surface area contributed by atoms with E-state index in [1.165, 1.54) is 263 Å². The van der Waals surface area contributed by atoms with Crippen LogP contribution >= 0.6 is 7.82 Å². The van der Waals surface area contributed by atoms with Gasteiger partial charge in [-0.05, 0) is 12.8 Å². The summed E-state index contributed by atoms with van der Waals surface area (Å²) < 4.78 is 23.4. The van der Waals surface area contributed by atoms with E-state index in [4.69, 9.17) is 9.05 Å². The quantitative estimate of drug-likeness (QED) is 0.0357. The first-order valence-electron chi connectivity index (χ1n) is 30.9. The average Bonchev–Trinajstić information content (AvgIpc) is 3.31. The van der Waals surface area contributed by atoms with Crippen molar-refractivity contribution in [2.75, 3.05) is 40.9 Å². The Morgan fingerprint density at radius 3 is 0.986 bits per heavy atom. The van der Waals surface area contributed by atoms with Crippen molar-refractivity contribution >= 4 is 13.7 Å². The molecule has 0 rings (SSSR count). The topological polar surface area (TPSA) is 108 Å². The van der Waals surface area contributed by atoms with Crippen LogP contribution in [0.4, 0.5) is 0 Å². The molecule has 3 atom stereocenters. The van der Waals surface area contributed by atoms with Gasteiger partial charge in [0.15, 0.2) is 0 Å². The molecule has 0 aromatic rings. The molecule has 0 saturated heterocycles. The second-order valence-electron chi connectivity index (χ2n) is 22.8. The lowest BCUT2D eigenvalue weighted by Crippen LogP contribution is -2.46. The number of hydrogen-bond acceptors (Lipinski definition) is 6. The summed E-state index contributed by atoms with van der Waals surface area (Å²) in [6, 6.07) is -0.794. The van der Waals surface area contributed by atoms with Crippen molar-refractivity contribution in [3.8, 4) is 0 Å². The number of aliphatic hydroxyl groups excluding tert-OH is 1. The number of hydrogen-bond donors (Lipinski definition) is 2. The molecular formula is C60H123N2O6P. The maximum absolute atomic E-state index is 13.0. The lowest BCUT2D eigenvalue weighted by molar-refractivity contribution is -0.870. The monoisotopic (exact) mass is 999 g/mol. The molecule has 0 fully saturated rings. The number of carbonyl (C=O) groups is 1. The summed E-state index contributed by atoms with van der Waals surface area (Å²) in [4.78, 5) is 25.5. The number of quaternary nitrogens is 1. The number of amides is 1. The normalized spacial score (nSPS) is 13.8. The Hall–Kier alpha value is -0.500. The first-order chi connectivity index (χ1) is 33.5. The van der Waals surface area contributed by atoms with Crippen molar-refractivity contribution in [1.82, 2.24) is 5.32 Å². The van der Waals surface area contributed by atoms with E-state index < -0.39 is 20.0 Å². The number of carbonyl (C=O) groups excluding carboxylic acids is 1. The molecule has 9 heteroatoms. The molecule has 0 aromatic heterocycles. The molecule has 0 aliphatic heterocycles. The molecule has 0 bridgehead atoms. The van der Waals surface area contributed by atoms with Crippen LogP contribution in [0.5, 0.6) is 0 Å². The molecule has 0 aromatic carbocycles. The third-order valence-corrected chi connectivity index (χ3v) is 15.6. The van der Waals surface area contributed by atoms with E-state index in [1.807, 2.05) is 21.1 Å². The fraction of sp³-hybridized carbons (Fsp3) is 0.983. The Kier molecular flexibility index (Phi) is 52.0. The number of nitrogens with zero attached hydrogens (tertiary/aromatic N) is 1. The average molecular weight is 1000 g/mol. The first kappa shape index (κ1) is 68.5. The minimum Gasteiger partial charge on any atom is -0.756 e. The largest absolute Gasteiger partial charge is 0.756 e. The fourth-order valence-electron chi connectivity index (χ4n) is 9.75. The lowest BCUT2D eigenvalue weighted by atomic mass is 10.0. The van der Waals surface area contributed by atoms with Crippen molar-refractivity contribution < 1.29 is 32.9 Å². The van der Waals surface area contributed by atoms with Gasteiger partial charge in [-0.1, -0.05) is 309 Å². The summed E-state index contributed by atoms with van der Waals surface area (Å²) in [6.07, 6.45) is 63.1. The number of phosphoric acid groups is 1. The van der Waals surface area contributed by atoms with E-state index in [2.05, 4.69) is 19.2 Å². The molecule has 1 unspecified atom stereocenters. The van der Waals surface area contributed by atoms with Gasteiger partial charge in [-0.15, -0.1) is 0 Å². The zero-order chi connectivity index (χ0) is 50.6. The zero-order valence-corrected chi connectivity index (χ0v) is 48.2. The van der Waals surface area contributed by atoms with Gasteiger partial charge in [-0.25, -0.2) is 0 Å². The Labute approximate surface area is 431 Å². The summed E-state index contributed by atoms with van der Waals surface area (Å²) in [7, 11) is 1.32. The Balaban J connectivity index is 3.88. The van der Waals surface area contributed by atoms with Crippen LogP contribution in [0.1, 0.15) is 328 Å². The van der Waals surface area contributed by atoms with Gasteiger partial charge in [-0.2, -0.15) is 0 Å². The summed E-state index contributed by atoms with van der Waals surface area (Å²) in [5, 5.41) is 14.0. The van der Waals surface area contributed by atoms with Gasteiger partial charge in [0.05, 0.1) is 39.9 Å². The van der Waals surface area contributed by atoms with Crippen molar-refractivity contribution in [2.24, 2.45) is 0 Å². The Morgan fingerprint density at radius 2 is 0.710 bits per heavy atom. The first-order valence-corrected chi connectivity index (χ1v) is 32.3.